The molecule has 1 amide bonds. The van der Waals surface area contributed by atoms with E-state index in [1.165, 1.54) is 6.42 Å². The smallest absolute Gasteiger partial charge is 0.289 e. The molecule has 0 saturated carbocycles. The summed E-state index contributed by atoms with van der Waals surface area (Å²) in [6.45, 7) is 6.96. The number of carbonyl (C=O) groups excluding carboxylic acids is 1. The molecule has 3 saturated heterocycles. The van der Waals surface area contributed by atoms with Gasteiger partial charge in [0.05, 0.1) is 31.6 Å². The third kappa shape index (κ3) is 3.36. The zero-order valence-corrected chi connectivity index (χ0v) is 14.1. The first-order chi connectivity index (χ1) is 11.7. The van der Waals surface area contributed by atoms with E-state index < -0.39 is 0 Å². The maximum atomic E-state index is 12.5. The van der Waals surface area contributed by atoms with Gasteiger partial charge in [0.15, 0.2) is 5.76 Å². The molecule has 1 spiro atoms. The predicted octanol–water partition coefficient (Wildman–Crippen LogP) is 1.62. The summed E-state index contributed by atoms with van der Waals surface area (Å²) in [6, 6.07) is 3.49. The molecule has 6 nitrogen and oxygen atoms in total. The molecule has 4 rings (SSSR count). The average molecular weight is 334 g/mol. The summed E-state index contributed by atoms with van der Waals surface area (Å²) in [5, 5.41) is 0. The minimum Gasteiger partial charge on any atom is -0.459 e. The van der Waals surface area contributed by atoms with Crippen molar-refractivity contribution in [3.63, 3.8) is 0 Å². The molecular weight excluding hydrogens is 308 g/mol. The van der Waals surface area contributed by atoms with Gasteiger partial charge in [0.2, 0.25) is 0 Å². The predicted molar refractivity (Wildman–Crippen MR) is 87.9 cm³/mol. The van der Waals surface area contributed by atoms with E-state index in [-0.39, 0.29) is 11.5 Å². The highest BCUT2D eigenvalue weighted by molar-refractivity contribution is 5.91. The van der Waals surface area contributed by atoms with Crippen molar-refractivity contribution in [3.8, 4) is 0 Å². The van der Waals surface area contributed by atoms with Crippen molar-refractivity contribution in [2.45, 2.75) is 24.9 Å². The summed E-state index contributed by atoms with van der Waals surface area (Å²) in [5.41, 5.74) is -0.177. The Morgan fingerprint density at radius 3 is 2.83 bits per heavy atom. The molecule has 1 atom stereocenters. The highest BCUT2D eigenvalue weighted by Crippen LogP contribution is 2.31. The van der Waals surface area contributed by atoms with Crippen LogP contribution in [0.4, 0.5) is 0 Å². The lowest BCUT2D eigenvalue weighted by Gasteiger charge is -2.47. The van der Waals surface area contributed by atoms with Crippen molar-refractivity contribution < 1.29 is 18.7 Å². The van der Waals surface area contributed by atoms with Crippen molar-refractivity contribution in [1.82, 2.24) is 9.80 Å². The van der Waals surface area contributed by atoms with Gasteiger partial charge in [-0.15, -0.1) is 0 Å². The first-order valence-electron chi connectivity index (χ1n) is 9.01. The Kier molecular flexibility index (Phi) is 4.61. The molecule has 3 fully saturated rings. The van der Waals surface area contributed by atoms with Crippen molar-refractivity contribution in [2.24, 2.45) is 5.92 Å². The van der Waals surface area contributed by atoms with Crippen LogP contribution in [0, 0.1) is 5.92 Å². The minimum absolute atomic E-state index is 0.0202. The number of ether oxygens (including phenoxy) is 2. The monoisotopic (exact) mass is 334 g/mol. The SMILES string of the molecule is O=C(c1ccco1)N1CCOC2(CCN(CC3CCOC3)CC2)C1. The highest BCUT2D eigenvalue weighted by Gasteiger charge is 2.41. The largest absolute Gasteiger partial charge is 0.459 e. The van der Waals surface area contributed by atoms with E-state index in [0.717, 1.165) is 45.7 Å². The van der Waals surface area contributed by atoms with Crippen molar-refractivity contribution in [2.75, 3.05) is 52.5 Å². The van der Waals surface area contributed by atoms with Gasteiger partial charge in [-0.05, 0) is 37.3 Å². The number of piperidine rings is 1. The van der Waals surface area contributed by atoms with Gasteiger partial charge in [-0.2, -0.15) is 0 Å². The molecule has 6 heteroatoms. The second-order valence-corrected chi connectivity index (χ2v) is 7.27. The van der Waals surface area contributed by atoms with Crippen LogP contribution in [-0.4, -0.2) is 73.9 Å². The molecule has 0 aromatic carbocycles. The Balaban J connectivity index is 1.33. The number of morpholine rings is 1. The molecule has 0 radical (unpaired) electrons. The lowest BCUT2D eigenvalue weighted by Crippen LogP contribution is -2.58. The number of nitrogens with zero attached hydrogens (tertiary/aromatic N) is 2. The molecule has 1 aromatic rings. The van der Waals surface area contributed by atoms with Crippen LogP contribution in [0.5, 0.6) is 0 Å². The second kappa shape index (κ2) is 6.86. The van der Waals surface area contributed by atoms with Crippen LogP contribution < -0.4 is 0 Å². The van der Waals surface area contributed by atoms with Crippen molar-refractivity contribution in [3.05, 3.63) is 24.2 Å². The van der Waals surface area contributed by atoms with E-state index in [0.29, 0.717) is 31.4 Å². The molecule has 132 valence electrons. The minimum atomic E-state index is -0.177. The van der Waals surface area contributed by atoms with E-state index >= 15 is 0 Å². The van der Waals surface area contributed by atoms with Crippen LogP contribution in [0.1, 0.15) is 29.8 Å². The molecule has 1 unspecified atom stereocenters. The standard InChI is InChI=1S/C18H26N2O4/c21-17(16-2-1-9-23-16)20-8-11-24-18(14-20)4-6-19(7-5-18)12-15-3-10-22-13-15/h1-2,9,15H,3-8,10-14H2. The molecule has 0 bridgehead atoms. The van der Waals surface area contributed by atoms with Crippen LogP contribution in [-0.2, 0) is 9.47 Å². The van der Waals surface area contributed by atoms with Gasteiger partial charge in [0.25, 0.3) is 5.91 Å². The van der Waals surface area contributed by atoms with Gasteiger partial charge in [0.1, 0.15) is 0 Å². The number of carbonyl (C=O) groups is 1. The number of amides is 1. The van der Waals surface area contributed by atoms with Gasteiger partial charge in [0, 0.05) is 32.8 Å². The lowest BCUT2D eigenvalue weighted by atomic mass is 9.88. The molecular formula is C18H26N2O4. The van der Waals surface area contributed by atoms with Crippen LogP contribution in [0.25, 0.3) is 0 Å². The first-order valence-corrected chi connectivity index (χ1v) is 9.01. The van der Waals surface area contributed by atoms with Gasteiger partial charge in [-0.25, -0.2) is 0 Å². The lowest BCUT2D eigenvalue weighted by molar-refractivity contribution is -0.128. The van der Waals surface area contributed by atoms with Crippen molar-refractivity contribution in [1.29, 1.82) is 0 Å². The molecule has 24 heavy (non-hydrogen) atoms. The maximum Gasteiger partial charge on any atom is 0.289 e. The number of hydrogen-bond donors (Lipinski definition) is 0. The normalized spacial score (nSPS) is 27.7. The third-order valence-electron chi connectivity index (χ3n) is 5.58. The van der Waals surface area contributed by atoms with E-state index in [1.54, 1.807) is 18.4 Å². The number of rotatable bonds is 3. The van der Waals surface area contributed by atoms with Crippen LogP contribution in [0.3, 0.4) is 0 Å². The highest BCUT2D eigenvalue weighted by atomic mass is 16.5. The summed E-state index contributed by atoms with van der Waals surface area (Å²) in [4.78, 5) is 17.0. The van der Waals surface area contributed by atoms with Gasteiger partial charge in [-0.3, -0.25) is 4.79 Å². The fourth-order valence-corrected chi connectivity index (χ4v) is 4.11. The maximum absolute atomic E-state index is 12.5. The Morgan fingerprint density at radius 1 is 1.25 bits per heavy atom. The fraction of sp³-hybridized carbons (Fsp3) is 0.722. The Morgan fingerprint density at radius 2 is 2.12 bits per heavy atom. The summed E-state index contributed by atoms with van der Waals surface area (Å²) >= 11 is 0. The summed E-state index contributed by atoms with van der Waals surface area (Å²) in [6.07, 6.45) is 4.71. The van der Waals surface area contributed by atoms with Crippen LogP contribution in [0.15, 0.2) is 22.8 Å². The number of furan rings is 1. The summed E-state index contributed by atoms with van der Waals surface area (Å²) < 4.78 is 16.9. The molecule has 0 aliphatic carbocycles. The van der Waals surface area contributed by atoms with E-state index in [2.05, 4.69) is 4.90 Å². The summed E-state index contributed by atoms with van der Waals surface area (Å²) in [5.74, 6) is 1.09. The number of hydrogen-bond acceptors (Lipinski definition) is 5. The molecule has 3 aliphatic heterocycles. The Labute approximate surface area is 142 Å². The zero-order chi connectivity index (χ0) is 16.4. The van der Waals surface area contributed by atoms with Crippen LogP contribution >= 0.6 is 0 Å². The molecule has 0 N–H and O–H groups in total. The Bertz CT molecular complexity index is 545. The summed E-state index contributed by atoms with van der Waals surface area (Å²) in [7, 11) is 0. The van der Waals surface area contributed by atoms with Gasteiger partial charge >= 0.3 is 0 Å². The van der Waals surface area contributed by atoms with Crippen LogP contribution in [0.2, 0.25) is 0 Å². The van der Waals surface area contributed by atoms with Gasteiger partial charge < -0.3 is 23.7 Å². The fourth-order valence-electron chi connectivity index (χ4n) is 4.11. The molecule has 1 aromatic heterocycles. The quantitative estimate of drug-likeness (QED) is 0.841. The first kappa shape index (κ1) is 16.1. The Hall–Kier alpha value is -1.37. The van der Waals surface area contributed by atoms with Gasteiger partial charge in [-0.1, -0.05) is 0 Å². The van der Waals surface area contributed by atoms with E-state index in [9.17, 15) is 4.79 Å². The second-order valence-electron chi connectivity index (χ2n) is 7.27. The molecule has 3 aliphatic rings. The zero-order valence-electron chi connectivity index (χ0n) is 14.1. The molecule has 4 heterocycles. The topological polar surface area (TPSA) is 55.2 Å². The van der Waals surface area contributed by atoms with E-state index in [1.807, 2.05) is 4.90 Å². The van der Waals surface area contributed by atoms with E-state index in [4.69, 9.17) is 13.9 Å². The van der Waals surface area contributed by atoms with Crippen molar-refractivity contribution >= 4 is 5.91 Å². The average Bonchev–Trinajstić information content (AvgIpc) is 3.30. The number of likely N-dealkylation sites (tertiary alicyclic amines) is 1. The third-order valence-corrected chi connectivity index (χ3v) is 5.58.